The Morgan fingerprint density at radius 1 is 1.29 bits per heavy atom. The quantitative estimate of drug-likeness (QED) is 0.659. The summed E-state index contributed by atoms with van der Waals surface area (Å²) < 4.78 is 0. The second-order valence-electron chi connectivity index (χ2n) is 4.01. The zero-order chi connectivity index (χ0) is 12.7. The van der Waals surface area contributed by atoms with Gasteiger partial charge in [0.05, 0.1) is 0 Å². The second kappa shape index (κ2) is 7.17. The summed E-state index contributed by atoms with van der Waals surface area (Å²) in [5.41, 5.74) is 1.26. The van der Waals surface area contributed by atoms with Gasteiger partial charge in [-0.05, 0) is 31.0 Å². The fourth-order valence-corrected chi connectivity index (χ4v) is 1.58. The van der Waals surface area contributed by atoms with E-state index in [0.717, 1.165) is 30.5 Å². The molecule has 1 N–H and O–H groups in total. The van der Waals surface area contributed by atoms with E-state index in [1.165, 1.54) is 5.56 Å². The number of guanidine groups is 1. The van der Waals surface area contributed by atoms with Crippen LogP contribution in [0.4, 0.5) is 0 Å². The van der Waals surface area contributed by atoms with Gasteiger partial charge in [0.15, 0.2) is 5.96 Å². The summed E-state index contributed by atoms with van der Waals surface area (Å²) in [6, 6.07) is 7.91. The Morgan fingerprint density at radius 3 is 2.47 bits per heavy atom. The molecule has 0 aromatic heterocycles. The number of aliphatic imine (C=N–C) groups is 1. The van der Waals surface area contributed by atoms with E-state index in [2.05, 4.69) is 17.2 Å². The normalized spacial score (nSPS) is 11.4. The van der Waals surface area contributed by atoms with Crippen molar-refractivity contribution in [2.45, 2.75) is 13.3 Å². The first-order valence-electron chi connectivity index (χ1n) is 5.83. The Morgan fingerprint density at radius 2 is 1.94 bits per heavy atom. The van der Waals surface area contributed by atoms with Crippen molar-refractivity contribution in [1.82, 2.24) is 10.2 Å². The van der Waals surface area contributed by atoms with E-state index in [0.29, 0.717) is 0 Å². The van der Waals surface area contributed by atoms with Crippen molar-refractivity contribution in [3.05, 3.63) is 34.9 Å². The van der Waals surface area contributed by atoms with E-state index in [-0.39, 0.29) is 0 Å². The first kappa shape index (κ1) is 13.8. The van der Waals surface area contributed by atoms with E-state index in [1.807, 2.05) is 43.3 Å². The SMILES string of the molecule is CCNC(=NCCc1ccc(Cl)cc1)N(C)C. The molecule has 0 fully saturated rings. The zero-order valence-corrected chi connectivity index (χ0v) is 11.5. The minimum absolute atomic E-state index is 0.777. The molecular formula is C13H20ClN3. The summed E-state index contributed by atoms with van der Waals surface area (Å²) >= 11 is 5.83. The van der Waals surface area contributed by atoms with Gasteiger partial charge < -0.3 is 10.2 Å². The van der Waals surface area contributed by atoms with Crippen LogP contribution in [-0.2, 0) is 6.42 Å². The van der Waals surface area contributed by atoms with Crippen molar-refractivity contribution < 1.29 is 0 Å². The van der Waals surface area contributed by atoms with E-state index in [1.54, 1.807) is 0 Å². The van der Waals surface area contributed by atoms with Crippen molar-refractivity contribution in [1.29, 1.82) is 0 Å². The van der Waals surface area contributed by atoms with Crippen LogP contribution in [0.25, 0.3) is 0 Å². The van der Waals surface area contributed by atoms with Crippen molar-refractivity contribution in [2.24, 2.45) is 4.99 Å². The molecule has 94 valence electrons. The maximum Gasteiger partial charge on any atom is 0.193 e. The van der Waals surface area contributed by atoms with Gasteiger partial charge in [-0.1, -0.05) is 23.7 Å². The van der Waals surface area contributed by atoms with E-state index < -0.39 is 0 Å². The molecule has 0 aliphatic heterocycles. The first-order chi connectivity index (χ1) is 8.13. The highest BCUT2D eigenvalue weighted by Crippen LogP contribution is 2.09. The molecule has 0 saturated heterocycles. The van der Waals surface area contributed by atoms with Crippen LogP contribution in [0.5, 0.6) is 0 Å². The highest BCUT2D eigenvalue weighted by atomic mass is 35.5. The van der Waals surface area contributed by atoms with Crippen LogP contribution in [0.1, 0.15) is 12.5 Å². The van der Waals surface area contributed by atoms with Gasteiger partial charge in [0.2, 0.25) is 0 Å². The summed E-state index contributed by atoms with van der Waals surface area (Å²) in [4.78, 5) is 6.52. The maximum absolute atomic E-state index is 5.83. The lowest BCUT2D eigenvalue weighted by molar-refractivity contribution is 0.583. The molecule has 3 nitrogen and oxygen atoms in total. The average molecular weight is 254 g/mol. The molecular weight excluding hydrogens is 234 g/mol. The van der Waals surface area contributed by atoms with Gasteiger partial charge in [-0.3, -0.25) is 4.99 Å². The van der Waals surface area contributed by atoms with Crippen molar-refractivity contribution in [3.8, 4) is 0 Å². The average Bonchev–Trinajstić information content (AvgIpc) is 2.30. The monoisotopic (exact) mass is 253 g/mol. The molecule has 0 saturated carbocycles. The second-order valence-corrected chi connectivity index (χ2v) is 4.44. The molecule has 0 bridgehead atoms. The molecule has 0 radical (unpaired) electrons. The number of nitrogens with zero attached hydrogens (tertiary/aromatic N) is 2. The summed E-state index contributed by atoms with van der Waals surface area (Å²) in [5.74, 6) is 0.932. The molecule has 0 unspecified atom stereocenters. The van der Waals surface area contributed by atoms with Crippen LogP contribution >= 0.6 is 11.6 Å². The first-order valence-corrected chi connectivity index (χ1v) is 6.21. The Hall–Kier alpha value is -1.22. The number of hydrogen-bond donors (Lipinski definition) is 1. The summed E-state index contributed by atoms with van der Waals surface area (Å²) in [5, 5.41) is 4.01. The lowest BCUT2D eigenvalue weighted by Crippen LogP contribution is -2.36. The van der Waals surface area contributed by atoms with Crippen LogP contribution in [0, 0.1) is 0 Å². The Kier molecular flexibility index (Phi) is 5.84. The van der Waals surface area contributed by atoms with Crippen LogP contribution in [0.2, 0.25) is 5.02 Å². The summed E-state index contributed by atoms with van der Waals surface area (Å²) in [6.07, 6.45) is 0.930. The molecule has 1 rings (SSSR count). The van der Waals surface area contributed by atoms with Crippen molar-refractivity contribution in [2.75, 3.05) is 27.2 Å². The predicted octanol–water partition coefficient (Wildman–Crippen LogP) is 2.41. The largest absolute Gasteiger partial charge is 0.357 e. The molecule has 0 heterocycles. The highest BCUT2D eigenvalue weighted by molar-refractivity contribution is 6.30. The molecule has 0 atom stereocenters. The third kappa shape index (κ3) is 5.09. The minimum Gasteiger partial charge on any atom is -0.357 e. The predicted molar refractivity (Wildman–Crippen MR) is 74.8 cm³/mol. The molecule has 4 heteroatoms. The Bertz CT molecular complexity index is 357. The third-order valence-corrected chi connectivity index (χ3v) is 2.59. The van der Waals surface area contributed by atoms with E-state index in [4.69, 9.17) is 11.6 Å². The van der Waals surface area contributed by atoms with Gasteiger partial charge in [0.25, 0.3) is 0 Å². The topological polar surface area (TPSA) is 27.6 Å². The van der Waals surface area contributed by atoms with Crippen LogP contribution < -0.4 is 5.32 Å². The van der Waals surface area contributed by atoms with E-state index >= 15 is 0 Å². The molecule has 17 heavy (non-hydrogen) atoms. The molecule has 0 aliphatic rings. The Balaban J connectivity index is 2.49. The van der Waals surface area contributed by atoms with Gasteiger partial charge in [0, 0.05) is 32.2 Å². The number of rotatable bonds is 4. The van der Waals surface area contributed by atoms with Gasteiger partial charge >= 0.3 is 0 Å². The number of nitrogens with one attached hydrogen (secondary N) is 1. The zero-order valence-electron chi connectivity index (χ0n) is 10.7. The lowest BCUT2D eigenvalue weighted by atomic mass is 10.1. The van der Waals surface area contributed by atoms with Crippen molar-refractivity contribution >= 4 is 17.6 Å². The number of hydrogen-bond acceptors (Lipinski definition) is 1. The maximum atomic E-state index is 5.83. The minimum atomic E-state index is 0.777. The van der Waals surface area contributed by atoms with Crippen LogP contribution in [0.3, 0.4) is 0 Å². The molecule has 1 aromatic rings. The van der Waals surface area contributed by atoms with E-state index in [9.17, 15) is 0 Å². The van der Waals surface area contributed by atoms with Gasteiger partial charge in [-0.25, -0.2) is 0 Å². The molecule has 0 spiro atoms. The van der Waals surface area contributed by atoms with Crippen LogP contribution in [0.15, 0.2) is 29.3 Å². The standard InChI is InChI=1S/C13H20ClN3/c1-4-15-13(17(2)3)16-10-9-11-5-7-12(14)8-6-11/h5-8H,4,9-10H2,1-3H3,(H,15,16). The fraction of sp³-hybridized carbons (Fsp3) is 0.462. The number of benzene rings is 1. The summed E-state index contributed by atoms with van der Waals surface area (Å²) in [7, 11) is 3.98. The van der Waals surface area contributed by atoms with Gasteiger partial charge in [-0.2, -0.15) is 0 Å². The van der Waals surface area contributed by atoms with Gasteiger partial charge in [0.1, 0.15) is 0 Å². The van der Waals surface area contributed by atoms with Gasteiger partial charge in [-0.15, -0.1) is 0 Å². The van der Waals surface area contributed by atoms with Crippen molar-refractivity contribution in [3.63, 3.8) is 0 Å². The summed E-state index contributed by atoms with van der Waals surface area (Å²) in [6.45, 7) is 3.73. The molecule has 0 aliphatic carbocycles. The lowest BCUT2D eigenvalue weighted by Gasteiger charge is -2.16. The fourth-order valence-electron chi connectivity index (χ4n) is 1.46. The highest BCUT2D eigenvalue weighted by Gasteiger charge is 1.99. The molecule has 1 aromatic carbocycles. The number of halogens is 1. The van der Waals surface area contributed by atoms with Crippen LogP contribution in [-0.4, -0.2) is 38.0 Å². The Labute approximate surface area is 108 Å². The molecule has 0 amide bonds. The smallest absolute Gasteiger partial charge is 0.193 e. The third-order valence-electron chi connectivity index (χ3n) is 2.33.